The van der Waals surface area contributed by atoms with Crippen molar-refractivity contribution in [1.29, 1.82) is 0 Å². The minimum atomic E-state index is -0.878. The van der Waals surface area contributed by atoms with Gasteiger partial charge in [0.1, 0.15) is 0 Å². The summed E-state index contributed by atoms with van der Waals surface area (Å²) in [6, 6.07) is 3.51. The molecule has 1 aromatic carbocycles. The number of rotatable bonds is 3. The average molecular weight is 282 g/mol. The second-order valence-corrected chi connectivity index (χ2v) is 5.32. The highest BCUT2D eigenvalue weighted by atomic mass is 19.2. The zero-order valence-corrected chi connectivity index (χ0v) is 11.8. The number of nitrogens with one attached hydrogen (secondary N) is 1. The average Bonchev–Trinajstić information content (AvgIpc) is 2.48. The van der Waals surface area contributed by atoms with E-state index in [2.05, 4.69) is 5.32 Å². The number of benzene rings is 1. The molecular formula is C15H20F2N2O. The highest BCUT2D eigenvalue weighted by molar-refractivity contribution is 5.79. The molecule has 1 heterocycles. The van der Waals surface area contributed by atoms with Gasteiger partial charge in [-0.25, -0.2) is 8.78 Å². The maximum atomic E-state index is 13.3. The van der Waals surface area contributed by atoms with Crippen molar-refractivity contribution in [1.82, 2.24) is 10.2 Å². The SMILES string of the molecule is CC(c1ccc(F)c(F)c1)N(C)C(=O)C1CCNCC1. The molecule has 20 heavy (non-hydrogen) atoms. The van der Waals surface area contributed by atoms with Gasteiger partial charge in [-0.3, -0.25) is 4.79 Å². The topological polar surface area (TPSA) is 32.3 Å². The van der Waals surface area contributed by atoms with Gasteiger partial charge in [0.15, 0.2) is 11.6 Å². The first-order valence-corrected chi connectivity index (χ1v) is 6.93. The van der Waals surface area contributed by atoms with E-state index in [-0.39, 0.29) is 17.9 Å². The summed E-state index contributed by atoms with van der Waals surface area (Å²) in [6.45, 7) is 3.53. The van der Waals surface area contributed by atoms with Crippen LogP contribution < -0.4 is 5.32 Å². The van der Waals surface area contributed by atoms with Crippen LogP contribution in [-0.4, -0.2) is 30.9 Å². The third-order valence-corrected chi connectivity index (χ3v) is 4.04. The van der Waals surface area contributed by atoms with Gasteiger partial charge < -0.3 is 10.2 Å². The Morgan fingerprint density at radius 1 is 1.30 bits per heavy atom. The van der Waals surface area contributed by atoms with Crippen LogP contribution in [0.5, 0.6) is 0 Å². The van der Waals surface area contributed by atoms with Crippen LogP contribution in [0.4, 0.5) is 8.78 Å². The summed E-state index contributed by atoms with van der Waals surface area (Å²) < 4.78 is 26.2. The van der Waals surface area contributed by atoms with E-state index in [1.165, 1.54) is 6.07 Å². The Morgan fingerprint density at radius 2 is 1.95 bits per heavy atom. The van der Waals surface area contributed by atoms with E-state index in [1.807, 2.05) is 6.92 Å². The lowest BCUT2D eigenvalue weighted by molar-refractivity contribution is -0.137. The molecule has 0 bridgehead atoms. The number of hydrogen-bond donors (Lipinski definition) is 1. The van der Waals surface area contributed by atoms with Gasteiger partial charge >= 0.3 is 0 Å². The van der Waals surface area contributed by atoms with Gasteiger partial charge in [-0.2, -0.15) is 0 Å². The standard InChI is InChI=1S/C15H20F2N2O/c1-10(12-3-4-13(16)14(17)9-12)19(2)15(20)11-5-7-18-8-6-11/h3-4,9-11,18H,5-8H2,1-2H3. The lowest BCUT2D eigenvalue weighted by Crippen LogP contribution is -2.40. The van der Waals surface area contributed by atoms with Crippen LogP contribution in [0.25, 0.3) is 0 Å². The lowest BCUT2D eigenvalue weighted by atomic mass is 9.95. The molecule has 1 N–H and O–H groups in total. The highest BCUT2D eigenvalue weighted by Gasteiger charge is 2.27. The summed E-state index contributed by atoms with van der Waals surface area (Å²) in [4.78, 5) is 14.0. The molecule has 2 rings (SSSR count). The van der Waals surface area contributed by atoms with Crippen LogP contribution >= 0.6 is 0 Å². The second kappa shape index (κ2) is 6.31. The molecule has 1 unspecified atom stereocenters. The van der Waals surface area contributed by atoms with Gasteiger partial charge in [-0.05, 0) is 50.6 Å². The number of piperidine rings is 1. The molecule has 3 nitrogen and oxygen atoms in total. The zero-order chi connectivity index (χ0) is 14.7. The van der Waals surface area contributed by atoms with Gasteiger partial charge in [-0.15, -0.1) is 0 Å². The number of amides is 1. The minimum Gasteiger partial charge on any atom is -0.339 e. The van der Waals surface area contributed by atoms with E-state index in [1.54, 1.807) is 11.9 Å². The molecule has 1 aliphatic rings. The van der Waals surface area contributed by atoms with Gasteiger partial charge in [0, 0.05) is 13.0 Å². The largest absolute Gasteiger partial charge is 0.339 e. The van der Waals surface area contributed by atoms with Crippen LogP contribution in [0.1, 0.15) is 31.4 Å². The quantitative estimate of drug-likeness (QED) is 0.923. The monoisotopic (exact) mass is 282 g/mol. The highest BCUT2D eigenvalue weighted by Crippen LogP contribution is 2.24. The Hall–Kier alpha value is -1.49. The van der Waals surface area contributed by atoms with Crippen molar-refractivity contribution in [3.8, 4) is 0 Å². The van der Waals surface area contributed by atoms with Crippen LogP contribution in [0.2, 0.25) is 0 Å². The van der Waals surface area contributed by atoms with Crippen LogP contribution in [0.15, 0.2) is 18.2 Å². The fourth-order valence-corrected chi connectivity index (χ4v) is 2.54. The smallest absolute Gasteiger partial charge is 0.226 e. The molecule has 0 aromatic heterocycles. The first kappa shape index (κ1) is 14.9. The summed E-state index contributed by atoms with van der Waals surface area (Å²) >= 11 is 0. The molecule has 1 fully saturated rings. The molecule has 1 amide bonds. The predicted molar refractivity (Wildman–Crippen MR) is 73.1 cm³/mol. The van der Waals surface area contributed by atoms with Gasteiger partial charge in [0.2, 0.25) is 5.91 Å². The van der Waals surface area contributed by atoms with Crippen molar-refractivity contribution in [3.05, 3.63) is 35.4 Å². The number of halogens is 2. The Bertz CT molecular complexity index is 487. The molecule has 110 valence electrons. The Balaban J connectivity index is 2.08. The number of hydrogen-bond acceptors (Lipinski definition) is 2. The molecule has 0 spiro atoms. The van der Waals surface area contributed by atoms with Crippen LogP contribution in [0, 0.1) is 17.6 Å². The molecule has 1 saturated heterocycles. The van der Waals surface area contributed by atoms with Crippen LogP contribution in [-0.2, 0) is 4.79 Å². The van der Waals surface area contributed by atoms with Crippen molar-refractivity contribution in [3.63, 3.8) is 0 Å². The van der Waals surface area contributed by atoms with E-state index < -0.39 is 11.6 Å². The number of nitrogens with zero attached hydrogens (tertiary/aromatic N) is 1. The van der Waals surface area contributed by atoms with E-state index in [0.717, 1.165) is 38.1 Å². The lowest BCUT2D eigenvalue weighted by Gasteiger charge is -2.31. The molecule has 1 atom stereocenters. The maximum absolute atomic E-state index is 13.3. The summed E-state index contributed by atoms with van der Waals surface area (Å²) in [6.07, 6.45) is 1.65. The summed E-state index contributed by atoms with van der Waals surface area (Å²) in [5, 5.41) is 3.22. The molecule has 0 radical (unpaired) electrons. The fourth-order valence-electron chi connectivity index (χ4n) is 2.54. The van der Waals surface area contributed by atoms with Crippen LogP contribution in [0.3, 0.4) is 0 Å². The van der Waals surface area contributed by atoms with E-state index >= 15 is 0 Å². The first-order chi connectivity index (χ1) is 9.50. The molecule has 1 aromatic rings. The molecule has 0 saturated carbocycles. The predicted octanol–water partition coefficient (Wildman–Crippen LogP) is 2.48. The molecule has 0 aliphatic carbocycles. The summed E-state index contributed by atoms with van der Waals surface area (Å²) in [7, 11) is 1.72. The van der Waals surface area contributed by atoms with Gasteiger partial charge in [0.25, 0.3) is 0 Å². The minimum absolute atomic E-state index is 0.0222. The fraction of sp³-hybridized carbons (Fsp3) is 0.533. The second-order valence-electron chi connectivity index (χ2n) is 5.32. The van der Waals surface area contributed by atoms with Gasteiger partial charge in [0.05, 0.1) is 6.04 Å². The molecule has 1 aliphatic heterocycles. The Morgan fingerprint density at radius 3 is 2.55 bits per heavy atom. The van der Waals surface area contributed by atoms with E-state index in [9.17, 15) is 13.6 Å². The molecule has 5 heteroatoms. The van der Waals surface area contributed by atoms with Crippen molar-refractivity contribution >= 4 is 5.91 Å². The number of carbonyl (C=O) groups is 1. The normalized spacial score (nSPS) is 17.8. The third kappa shape index (κ3) is 3.15. The van der Waals surface area contributed by atoms with E-state index in [4.69, 9.17) is 0 Å². The Labute approximate surface area is 118 Å². The van der Waals surface area contributed by atoms with Crippen molar-refractivity contribution in [2.24, 2.45) is 5.92 Å². The molecular weight excluding hydrogens is 262 g/mol. The van der Waals surface area contributed by atoms with E-state index in [0.29, 0.717) is 5.56 Å². The first-order valence-electron chi connectivity index (χ1n) is 6.93. The Kier molecular flexibility index (Phi) is 4.70. The van der Waals surface area contributed by atoms with Gasteiger partial charge in [-0.1, -0.05) is 6.07 Å². The van der Waals surface area contributed by atoms with Crippen molar-refractivity contribution < 1.29 is 13.6 Å². The zero-order valence-electron chi connectivity index (χ0n) is 11.8. The number of carbonyl (C=O) groups excluding carboxylic acids is 1. The van der Waals surface area contributed by atoms with Crippen molar-refractivity contribution in [2.75, 3.05) is 20.1 Å². The maximum Gasteiger partial charge on any atom is 0.226 e. The third-order valence-electron chi connectivity index (χ3n) is 4.04. The van der Waals surface area contributed by atoms with Crippen molar-refractivity contribution in [2.45, 2.75) is 25.8 Å². The summed E-state index contributed by atoms with van der Waals surface area (Å²) in [5.74, 6) is -1.65. The summed E-state index contributed by atoms with van der Waals surface area (Å²) in [5.41, 5.74) is 0.605.